The molecule has 0 fully saturated rings. The third-order valence-electron chi connectivity index (χ3n) is 3.25. The molecule has 2 aromatic rings. The van der Waals surface area contributed by atoms with E-state index in [-0.39, 0.29) is 17.7 Å². The summed E-state index contributed by atoms with van der Waals surface area (Å²) < 4.78 is 27.4. The summed E-state index contributed by atoms with van der Waals surface area (Å²) in [6, 6.07) is 8.98. The molecule has 1 aliphatic rings. The molecule has 19 heavy (non-hydrogen) atoms. The molecule has 2 nitrogen and oxygen atoms in total. The second kappa shape index (κ2) is 4.46. The number of nitrogens with zero attached hydrogens (tertiary/aromatic N) is 1. The van der Waals surface area contributed by atoms with Gasteiger partial charge in [0.05, 0.1) is 11.4 Å². The van der Waals surface area contributed by atoms with E-state index in [4.69, 9.17) is 5.73 Å². The monoisotopic (exact) mass is 258 g/mol. The Bertz CT molecular complexity index is 753. The summed E-state index contributed by atoms with van der Waals surface area (Å²) in [5, 5.41) is 1.06. The highest BCUT2D eigenvalue weighted by Crippen LogP contribution is 2.26. The van der Waals surface area contributed by atoms with Crippen LogP contribution in [0.3, 0.4) is 0 Å². The summed E-state index contributed by atoms with van der Waals surface area (Å²) in [6.45, 7) is 0. The molecule has 0 saturated carbocycles. The van der Waals surface area contributed by atoms with Gasteiger partial charge in [-0.1, -0.05) is 18.2 Å². The van der Waals surface area contributed by atoms with E-state index in [2.05, 4.69) is 4.99 Å². The number of nitrogens with two attached hydrogens (primary N) is 1. The fourth-order valence-corrected chi connectivity index (χ4v) is 2.30. The lowest BCUT2D eigenvalue weighted by Crippen LogP contribution is -2.31. The van der Waals surface area contributed by atoms with Gasteiger partial charge in [0.25, 0.3) is 0 Å². The molecule has 0 amide bonds. The van der Waals surface area contributed by atoms with Crippen LogP contribution < -0.4 is 16.3 Å². The number of anilines is 1. The second-order valence-corrected chi connectivity index (χ2v) is 4.54. The summed E-state index contributed by atoms with van der Waals surface area (Å²) in [5.41, 5.74) is 6.39. The number of fused-ring (bicyclic) bond motifs is 1. The van der Waals surface area contributed by atoms with E-state index >= 15 is 0 Å². The van der Waals surface area contributed by atoms with Crippen LogP contribution in [0, 0.1) is 11.6 Å². The molecule has 4 heteroatoms. The predicted molar refractivity (Wildman–Crippen MR) is 69.8 cm³/mol. The van der Waals surface area contributed by atoms with Crippen LogP contribution in [0.5, 0.6) is 0 Å². The smallest absolute Gasteiger partial charge is 0.132 e. The number of halogens is 2. The number of nitrogen functional groups attached to an aromatic ring is 1. The summed E-state index contributed by atoms with van der Waals surface area (Å²) in [7, 11) is 0. The van der Waals surface area contributed by atoms with Crippen LogP contribution in [0.25, 0.3) is 6.08 Å². The molecule has 0 aliphatic carbocycles. The number of benzene rings is 2. The van der Waals surface area contributed by atoms with Gasteiger partial charge in [-0.3, -0.25) is 4.99 Å². The standard InChI is InChI=1S/C15H12F2N2/c16-12-2-1-3-14-10(12)6-7-15(19-14)11-5-4-9(18)8-13(11)17/h1-6,8,15H,7,18H2. The molecule has 0 saturated heterocycles. The van der Waals surface area contributed by atoms with E-state index in [1.54, 1.807) is 30.3 Å². The van der Waals surface area contributed by atoms with E-state index in [1.807, 2.05) is 0 Å². The molecule has 2 N–H and O–H groups in total. The Morgan fingerprint density at radius 1 is 1.11 bits per heavy atom. The molecule has 1 aliphatic heterocycles. The molecule has 1 heterocycles. The molecular formula is C15H12F2N2. The van der Waals surface area contributed by atoms with Gasteiger partial charge in [-0.2, -0.15) is 0 Å². The van der Waals surface area contributed by atoms with Crippen LogP contribution in [-0.2, 0) is 0 Å². The fraction of sp³-hybridized carbons (Fsp3) is 0.133. The summed E-state index contributed by atoms with van der Waals surface area (Å²) >= 11 is 0. The Morgan fingerprint density at radius 2 is 1.95 bits per heavy atom. The van der Waals surface area contributed by atoms with Gasteiger partial charge in [0, 0.05) is 16.5 Å². The van der Waals surface area contributed by atoms with Gasteiger partial charge in [0.1, 0.15) is 11.6 Å². The minimum absolute atomic E-state index is 0.294. The maximum Gasteiger partial charge on any atom is 0.132 e. The molecule has 3 rings (SSSR count). The average Bonchev–Trinajstić information content (AvgIpc) is 2.38. The third-order valence-corrected chi connectivity index (χ3v) is 3.25. The predicted octanol–water partition coefficient (Wildman–Crippen LogP) is 2.09. The van der Waals surface area contributed by atoms with Crippen molar-refractivity contribution in [2.24, 2.45) is 4.99 Å². The van der Waals surface area contributed by atoms with Crippen LogP contribution in [-0.4, -0.2) is 0 Å². The van der Waals surface area contributed by atoms with Crippen molar-refractivity contribution in [3.8, 4) is 0 Å². The first-order chi connectivity index (χ1) is 9.15. The summed E-state index contributed by atoms with van der Waals surface area (Å²) in [6.07, 6.45) is 2.24. The Kier molecular flexibility index (Phi) is 2.78. The lowest BCUT2D eigenvalue weighted by Gasteiger charge is -2.15. The lowest BCUT2D eigenvalue weighted by atomic mass is 10.00. The largest absolute Gasteiger partial charge is 0.399 e. The van der Waals surface area contributed by atoms with Gasteiger partial charge in [0.15, 0.2) is 0 Å². The zero-order valence-electron chi connectivity index (χ0n) is 10.1. The average molecular weight is 258 g/mol. The second-order valence-electron chi connectivity index (χ2n) is 4.54. The Balaban J connectivity index is 2.10. The molecule has 0 spiro atoms. The van der Waals surface area contributed by atoms with E-state index < -0.39 is 0 Å². The molecule has 1 unspecified atom stereocenters. The summed E-state index contributed by atoms with van der Waals surface area (Å²) in [4.78, 5) is 4.41. The van der Waals surface area contributed by atoms with Crippen LogP contribution >= 0.6 is 0 Å². The first kappa shape index (κ1) is 11.8. The van der Waals surface area contributed by atoms with Crippen molar-refractivity contribution in [3.05, 3.63) is 64.2 Å². The topological polar surface area (TPSA) is 38.4 Å². The van der Waals surface area contributed by atoms with Crippen molar-refractivity contribution in [1.29, 1.82) is 0 Å². The molecule has 0 radical (unpaired) electrons. The highest BCUT2D eigenvalue weighted by molar-refractivity contribution is 5.42. The Hall–Kier alpha value is -2.23. The third kappa shape index (κ3) is 2.10. The van der Waals surface area contributed by atoms with Crippen LogP contribution in [0.4, 0.5) is 14.5 Å². The minimum Gasteiger partial charge on any atom is -0.399 e. The molecule has 96 valence electrons. The van der Waals surface area contributed by atoms with Gasteiger partial charge in [-0.15, -0.1) is 0 Å². The van der Waals surface area contributed by atoms with Crippen molar-refractivity contribution >= 4 is 11.8 Å². The van der Waals surface area contributed by atoms with Crippen LogP contribution in [0.2, 0.25) is 0 Å². The quantitative estimate of drug-likeness (QED) is 0.781. The number of hydrogen-bond acceptors (Lipinski definition) is 2. The molecular weight excluding hydrogens is 246 g/mol. The van der Waals surface area contributed by atoms with Crippen molar-refractivity contribution in [2.75, 3.05) is 5.73 Å². The van der Waals surface area contributed by atoms with Gasteiger partial charge < -0.3 is 5.73 Å². The highest BCUT2D eigenvalue weighted by Gasteiger charge is 2.16. The first-order valence-electron chi connectivity index (χ1n) is 6.02. The Morgan fingerprint density at radius 3 is 2.74 bits per heavy atom. The van der Waals surface area contributed by atoms with Crippen molar-refractivity contribution in [3.63, 3.8) is 0 Å². The van der Waals surface area contributed by atoms with Crippen LogP contribution in [0.1, 0.15) is 18.0 Å². The molecule has 1 atom stereocenters. The fourth-order valence-electron chi connectivity index (χ4n) is 2.30. The van der Waals surface area contributed by atoms with E-state index in [9.17, 15) is 8.78 Å². The lowest BCUT2D eigenvalue weighted by molar-refractivity contribution is 0.576. The van der Waals surface area contributed by atoms with Crippen molar-refractivity contribution in [1.82, 2.24) is 0 Å². The molecule has 0 aromatic heterocycles. The van der Waals surface area contributed by atoms with Gasteiger partial charge in [-0.05, 0) is 30.7 Å². The molecule has 0 bridgehead atoms. The van der Waals surface area contributed by atoms with Crippen LogP contribution in [0.15, 0.2) is 41.4 Å². The number of rotatable bonds is 1. The first-order valence-corrected chi connectivity index (χ1v) is 6.02. The normalized spacial score (nSPS) is 17.3. The van der Waals surface area contributed by atoms with E-state index in [0.29, 0.717) is 28.2 Å². The highest BCUT2D eigenvalue weighted by atomic mass is 19.1. The summed E-state index contributed by atoms with van der Waals surface area (Å²) in [5.74, 6) is -0.667. The zero-order valence-corrected chi connectivity index (χ0v) is 10.1. The van der Waals surface area contributed by atoms with Crippen molar-refractivity contribution in [2.45, 2.75) is 12.5 Å². The molecule has 2 aromatic carbocycles. The zero-order chi connectivity index (χ0) is 13.4. The SMILES string of the molecule is Nc1ccc(C2CC=c3c(F)cccc3=N2)c(F)c1. The van der Waals surface area contributed by atoms with Crippen molar-refractivity contribution < 1.29 is 8.78 Å². The Labute approximate surface area is 108 Å². The minimum atomic E-state index is -0.373. The van der Waals surface area contributed by atoms with E-state index in [0.717, 1.165) is 0 Å². The van der Waals surface area contributed by atoms with Gasteiger partial charge >= 0.3 is 0 Å². The maximum atomic E-state index is 13.9. The van der Waals surface area contributed by atoms with Gasteiger partial charge in [0.2, 0.25) is 0 Å². The number of hydrogen-bond donors (Lipinski definition) is 1. The van der Waals surface area contributed by atoms with E-state index in [1.165, 1.54) is 12.1 Å². The van der Waals surface area contributed by atoms with Gasteiger partial charge in [-0.25, -0.2) is 8.78 Å². The maximum absolute atomic E-state index is 13.9.